The van der Waals surface area contributed by atoms with E-state index in [0.717, 1.165) is 10.6 Å². The molecule has 1 saturated heterocycles. The average molecular weight is 430 g/mol. The van der Waals surface area contributed by atoms with Gasteiger partial charge in [0.2, 0.25) is 10.0 Å². The number of carbonyl (C=O) groups is 1. The zero-order valence-electron chi connectivity index (χ0n) is 15.6. The van der Waals surface area contributed by atoms with Crippen LogP contribution in [0.1, 0.15) is 21.8 Å². The number of anilines is 2. The van der Waals surface area contributed by atoms with Gasteiger partial charge < -0.3 is 10.4 Å². The van der Waals surface area contributed by atoms with E-state index in [1.807, 2.05) is 30.3 Å². The van der Waals surface area contributed by atoms with Crippen LogP contribution in [-0.2, 0) is 10.0 Å². The Balaban J connectivity index is 1.61. The zero-order valence-corrected chi connectivity index (χ0v) is 17.3. The molecule has 0 aliphatic carbocycles. The molecule has 9 heteroatoms. The molecule has 0 unspecified atom stereocenters. The Kier molecular flexibility index (Phi) is 5.01. The summed E-state index contributed by atoms with van der Waals surface area (Å²) in [6, 6.07) is 14.0. The second kappa shape index (κ2) is 7.49. The standard InChI is InChI=1S/C20H19N3O4S2/c1-13-18(28-20(21-13)14-6-3-2-4-7-14)19(25)22-16-12-15(8-9-17(16)24)23-10-5-11-29(23,26)27/h2-4,6-9,12,24H,5,10-11H2,1H3,(H,22,25). The summed E-state index contributed by atoms with van der Waals surface area (Å²) in [5, 5.41) is 13.6. The normalized spacial score (nSPS) is 15.4. The van der Waals surface area contributed by atoms with Crippen molar-refractivity contribution in [3.63, 3.8) is 0 Å². The first kappa shape index (κ1) is 19.4. The van der Waals surface area contributed by atoms with Crippen molar-refractivity contribution in [1.82, 2.24) is 4.98 Å². The Labute approximate surface area is 172 Å². The summed E-state index contributed by atoms with van der Waals surface area (Å²) in [5.74, 6) is -0.444. The molecule has 7 nitrogen and oxygen atoms in total. The van der Waals surface area contributed by atoms with E-state index in [1.165, 1.54) is 33.8 Å². The van der Waals surface area contributed by atoms with E-state index < -0.39 is 15.9 Å². The summed E-state index contributed by atoms with van der Waals surface area (Å²) in [6.45, 7) is 2.14. The minimum Gasteiger partial charge on any atom is -0.506 e. The number of aryl methyl sites for hydroxylation is 1. The number of aromatic hydroxyl groups is 1. The fourth-order valence-electron chi connectivity index (χ4n) is 3.20. The van der Waals surface area contributed by atoms with Crippen molar-refractivity contribution in [1.29, 1.82) is 0 Å². The number of hydrogen-bond acceptors (Lipinski definition) is 6. The first-order valence-corrected chi connectivity index (χ1v) is 11.5. The summed E-state index contributed by atoms with van der Waals surface area (Å²) in [4.78, 5) is 17.7. The first-order chi connectivity index (χ1) is 13.8. The fourth-order valence-corrected chi connectivity index (χ4v) is 5.72. The van der Waals surface area contributed by atoms with Crippen molar-refractivity contribution in [2.24, 2.45) is 0 Å². The van der Waals surface area contributed by atoms with Gasteiger partial charge in [-0.25, -0.2) is 13.4 Å². The summed E-state index contributed by atoms with van der Waals surface area (Å²) in [5.41, 5.74) is 2.08. The number of aromatic nitrogens is 1. The molecule has 150 valence electrons. The number of thiazole rings is 1. The fraction of sp³-hybridized carbons (Fsp3) is 0.200. The van der Waals surface area contributed by atoms with Crippen molar-refractivity contribution in [2.75, 3.05) is 21.9 Å². The molecule has 0 atom stereocenters. The Bertz CT molecular complexity index is 1170. The molecule has 29 heavy (non-hydrogen) atoms. The zero-order chi connectivity index (χ0) is 20.6. The van der Waals surface area contributed by atoms with Crippen LogP contribution in [0.15, 0.2) is 48.5 Å². The molecule has 0 radical (unpaired) electrons. The predicted octanol–water partition coefficient (Wildman–Crippen LogP) is 3.62. The van der Waals surface area contributed by atoms with E-state index in [0.29, 0.717) is 29.2 Å². The number of phenols is 1. The molecule has 2 N–H and O–H groups in total. The van der Waals surface area contributed by atoms with Crippen LogP contribution in [0.4, 0.5) is 11.4 Å². The van der Waals surface area contributed by atoms with Crippen molar-refractivity contribution in [2.45, 2.75) is 13.3 Å². The average Bonchev–Trinajstić information content (AvgIpc) is 3.26. The topological polar surface area (TPSA) is 99.6 Å². The number of benzene rings is 2. The van der Waals surface area contributed by atoms with Crippen LogP contribution in [0.3, 0.4) is 0 Å². The smallest absolute Gasteiger partial charge is 0.267 e. The van der Waals surface area contributed by atoms with Crippen molar-refractivity contribution in [3.8, 4) is 16.3 Å². The monoisotopic (exact) mass is 429 g/mol. The van der Waals surface area contributed by atoms with Crippen LogP contribution < -0.4 is 9.62 Å². The van der Waals surface area contributed by atoms with Gasteiger partial charge in [-0.1, -0.05) is 30.3 Å². The van der Waals surface area contributed by atoms with E-state index in [1.54, 1.807) is 6.92 Å². The van der Waals surface area contributed by atoms with Crippen LogP contribution in [0.2, 0.25) is 0 Å². The molecule has 0 bridgehead atoms. The lowest BCUT2D eigenvalue weighted by atomic mass is 10.2. The maximum Gasteiger partial charge on any atom is 0.267 e. The molecule has 1 fully saturated rings. The van der Waals surface area contributed by atoms with Gasteiger partial charge >= 0.3 is 0 Å². The maximum absolute atomic E-state index is 12.8. The van der Waals surface area contributed by atoms with Gasteiger partial charge in [-0.05, 0) is 31.5 Å². The van der Waals surface area contributed by atoms with E-state index >= 15 is 0 Å². The van der Waals surface area contributed by atoms with E-state index in [9.17, 15) is 18.3 Å². The highest BCUT2D eigenvalue weighted by molar-refractivity contribution is 7.93. The Morgan fingerprint density at radius 2 is 1.97 bits per heavy atom. The van der Waals surface area contributed by atoms with E-state index in [2.05, 4.69) is 10.3 Å². The number of phenolic OH excluding ortho intramolecular Hbond substituents is 1. The molecule has 0 saturated carbocycles. The summed E-state index contributed by atoms with van der Waals surface area (Å²) in [6.07, 6.45) is 0.549. The largest absolute Gasteiger partial charge is 0.506 e. The third-order valence-corrected chi connectivity index (χ3v) is 7.71. The van der Waals surface area contributed by atoms with E-state index in [-0.39, 0.29) is 17.2 Å². The number of carbonyl (C=O) groups excluding carboxylic acids is 1. The molecular formula is C20H19N3O4S2. The molecule has 0 spiro atoms. The Hall–Kier alpha value is -2.91. The highest BCUT2D eigenvalue weighted by atomic mass is 32.2. The lowest BCUT2D eigenvalue weighted by molar-refractivity contribution is 0.102. The lowest BCUT2D eigenvalue weighted by Crippen LogP contribution is -2.25. The summed E-state index contributed by atoms with van der Waals surface area (Å²) in [7, 11) is -3.35. The molecule has 1 aromatic heterocycles. The van der Waals surface area contributed by atoms with Gasteiger partial charge in [0.05, 0.1) is 22.8 Å². The number of amides is 1. The maximum atomic E-state index is 12.8. The van der Waals surface area contributed by atoms with Gasteiger partial charge in [0.1, 0.15) is 15.6 Å². The van der Waals surface area contributed by atoms with Crippen LogP contribution in [0.25, 0.3) is 10.6 Å². The van der Waals surface area contributed by atoms with Crippen LogP contribution in [0.5, 0.6) is 5.75 Å². The molecule has 3 aromatic rings. The minimum atomic E-state index is -3.35. The number of rotatable bonds is 4. The van der Waals surface area contributed by atoms with Gasteiger partial charge in [-0.15, -0.1) is 11.3 Å². The Morgan fingerprint density at radius 1 is 1.21 bits per heavy atom. The van der Waals surface area contributed by atoms with Crippen molar-refractivity contribution in [3.05, 3.63) is 59.1 Å². The molecule has 4 rings (SSSR count). The minimum absolute atomic E-state index is 0.0951. The highest BCUT2D eigenvalue weighted by Crippen LogP contribution is 2.33. The molecule has 1 amide bonds. The van der Waals surface area contributed by atoms with Gasteiger partial charge in [0.15, 0.2) is 0 Å². The third-order valence-electron chi connectivity index (χ3n) is 4.64. The molecule has 2 aromatic carbocycles. The van der Waals surface area contributed by atoms with Crippen LogP contribution in [-0.4, -0.2) is 36.7 Å². The Morgan fingerprint density at radius 3 is 2.66 bits per heavy atom. The SMILES string of the molecule is Cc1nc(-c2ccccc2)sc1C(=O)Nc1cc(N2CCCS2(=O)=O)ccc1O. The van der Waals surface area contributed by atoms with Crippen LogP contribution >= 0.6 is 11.3 Å². The summed E-state index contributed by atoms with van der Waals surface area (Å²) >= 11 is 1.26. The number of sulfonamides is 1. The van der Waals surface area contributed by atoms with Gasteiger partial charge in [0.25, 0.3) is 5.91 Å². The van der Waals surface area contributed by atoms with Crippen molar-refractivity contribution < 1.29 is 18.3 Å². The summed E-state index contributed by atoms with van der Waals surface area (Å²) < 4.78 is 25.6. The van der Waals surface area contributed by atoms with Crippen LogP contribution in [0, 0.1) is 6.92 Å². The number of nitrogens with zero attached hydrogens (tertiary/aromatic N) is 2. The molecular weight excluding hydrogens is 410 g/mol. The molecule has 2 heterocycles. The second-order valence-corrected chi connectivity index (χ2v) is 9.71. The van der Waals surface area contributed by atoms with Gasteiger partial charge in [-0.3, -0.25) is 9.10 Å². The number of hydrogen-bond donors (Lipinski definition) is 2. The molecule has 1 aliphatic heterocycles. The quantitative estimate of drug-likeness (QED) is 0.617. The number of nitrogens with one attached hydrogen (secondary N) is 1. The third kappa shape index (κ3) is 3.83. The second-order valence-electron chi connectivity index (χ2n) is 6.70. The lowest BCUT2D eigenvalue weighted by Gasteiger charge is -2.18. The van der Waals surface area contributed by atoms with Crippen molar-refractivity contribution >= 4 is 38.6 Å². The van der Waals surface area contributed by atoms with E-state index in [4.69, 9.17) is 0 Å². The van der Waals surface area contributed by atoms with Gasteiger partial charge in [0, 0.05) is 12.1 Å². The van der Waals surface area contributed by atoms with Gasteiger partial charge in [-0.2, -0.15) is 0 Å². The predicted molar refractivity (Wildman–Crippen MR) is 114 cm³/mol. The first-order valence-electron chi connectivity index (χ1n) is 9.03. The highest BCUT2D eigenvalue weighted by Gasteiger charge is 2.29. The molecule has 1 aliphatic rings.